The fraction of sp³-hybridized carbons (Fsp3) is 0.500. The van der Waals surface area contributed by atoms with Crippen LogP contribution in [0.25, 0.3) is 11.0 Å². The Bertz CT molecular complexity index is 1000. The molecular weight excluding hydrogens is 466 g/mol. The quantitative estimate of drug-likeness (QED) is 0.642. The second-order valence-corrected chi connectivity index (χ2v) is 9.80. The fourth-order valence-electron chi connectivity index (χ4n) is 3.53. The van der Waals surface area contributed by atoms with Crippen molar-refractivity contribution in [3.05, 3.63) is 28.4 Å². The van der Waals surface area contributed by atoms with Crippen LogP contribution in [-0.2, 0) is 9.53 Å². The minimum Gasteiger partial charge on any atom is -0.449 e. The molecule has 3 N–H and O–H groups in total. The molecule has 1 aromatic heterocycles. The van der Waals surface area contributed by atoms with Crippen LogP contribution in [0.3, 0.4) is 0 Å². The summed E-state index contributed by atoms with van der Waals surface area (Å²) in [7, 11) is 1.71. The van der Waals surface area contributed by atoms with Gasteiger partial charge in [0.15, 0.2) is 0 Å². The Kier molecular flexibility index (Phi) is 6.64. The monoisotopic (exact) mass is 493 g/mol. The van der Waals surface area contributed by atoms with Gasteiger partial charge in [0.2, 0.25) is 11.7 Å². The standard InChI is InChI=1S/C22H28BrN3O5/c1-22(2,3)26(4)21(29)30-14-8-5-12(6-9-14)20(28)25-17-15-11-13(23)7-10-16(15)31-18(17)19(24)27/h7,10-12,14H,5-6,8-9H2,1-4H3,(H2,24,27)(H,25,28). The van der Waals surface area contributed by atoms with E-state index in [1.54, 1.807) is 30.1 Å². The first kappa shape index (κ1) is 23.1. The second kappa shape index (κ2) is 8.90. The molecule has 3 amide bonds. The van der Waals surface area contributed by atoms with Gasteiger partial charge in [-0.3, -0.25) is 9.59 Å². The van der Waals surface area contributed by atoms with E-state index >= 15 is 0 Å². The maximum Gasteiger partial charge on any atom is 0.410 e. The van der Waals surface area contributed by atoms with Crippen LogP contribution in [0.4, 0.5) is 10.5 Å². The third-order valence-electron chi connectivity index (χ3n) is 5.71. The summed E-state index contributed by atoms with van der Waals surface area (Å²) in [6.45, 7) is 5.82. The lowest BCUT2D eigenvalue weighted by atomic mass is 9.86. The summed E-state index contributed by atoms with van der Waals surface area (Å²) in [6, 6.07) is 5.25. The van der Waals surface area contributed by atoms with E-state index in [-0.39, 0.29) is 41.0 Å². The van der Waals surface area contributed by atoms with Crippen molar-refractivity contribution in [1.82, 2.24) is 4.90 Å². The number of hydrogen-bond donors (Lipinski definition) is 2. The molecule has 1 aliphatic carbocycles. The van der Waals surface area contributed by atoms with Crippen molar-refractivity contribution in [1.29, 1.82) is 0 Å². The van der Waals surface area contributed by atoms with Crippen LogP contribution in [-0.4, -0.2) is 41.5 Å². The average molecular weight is 494 g/mol. The van der Waals surface area contributed by atoms with Gasteiger partial charge < -0.3 is 25.1 Å². The van der Waals surface area contributed by atoms with E-state index in [4.69, 9.17) is 14.9 Å². The van der Waals surface area contributed by atoms with Gasteiger partial charge in [0.05, 0.1) is 0 Å². The summed E-state index contributed by atoms with van der Waals surface area (Å²) < 4.78 is 11.9. The number of nitrogens with two attached hydrogens (primary N) is 1. The van der Waals surface area contributed by atoms with Gasteiger partial charge in [-0.25, -0.2) is 4.79 Å². The minimum absolute atomic E-state index is 0.0747. The van der Waals surface area contributed by atoms with E-state index in [1.165, 1.54) is 0 Å². The third-order valence-corrected chi connectivity index (χ3v) is 6.21. The van der Waals surface area contributed by atoms with Crippen molar-refractivity contribution in [3.63, 3.8) is 0 Å². The number of furan rings is 1. The molecule has 8 nitrogen and oxygen atoms in total. The van der Waals surface area contributed by atoms with Crippen molar-refractivity contribution >= 4 is 50.5 Å². The van der Waals surface area contributed by atoms with E-state index in [2.05, 4.69) is 21.2 Å². The van der Waals surface area contributed by atoms with E-state index in [0.717, 1.165) is 4.47 Å². The molecule has 1 heterocycles. The largest absolute Gasteiger partial charge is 0.449 e. The first-order valence-corrected chi connectivity index (χ1v) is 11.0. The highest BCUT2D eigenvalue weighted by Gasteiger charge is 2.32. The lowest BCUT2D eigenvalue weighted by Gasteiger charge is -2.34. The van der Waals surface area contributed by atoms with Crippen LogP contribution in [0.15, 0.2) is 27.1 Å². The minimum atomic E-state index is -0.749. The number of halogens is 1. The Morgan fingerprint density at radius 1 is 1.19 bits per heavy atom. The van der Waals surface area contributed by atoms with Crippen LogP contribution in [0.1, 0.15) is 57.0 Å². The Morgan fingerprint density at radius 3 is 2.42 bits per heavy atom. The van der Waals surface area contributed by atoms with E-state index in [9.17, 15) is 14.4 Å². The Hall–Kier alpha value is -2.55. The molecule has 0 radical (unpaired) electrons. The molecule has 31 heavy (non-hydrogen) atoms. The molecule has 0 bridgehead atoms. The molecule has 1 aromatic carbocycles. The molecule has 2 aromatic rings. The Morgan fingerprint density at radius 2 is 1.84 bits per heavy atom. The zero-order chi connectivity index (χ0) is 22.9. The molecule has 0 spiro atoms. The molecular formula is C22H28BrN3O5. The number of carbonyl (C=O) groups excluding carboxylic acids is 3. The number of ether oxygens (including phenoxy) is 1. The Labute approximate surface area is 189 Å². The van der Waals surface area contributed by atoms with Gasteiger partial charge in [0.25, 0.3) is 5.91 Å². The molecule has 1 fully saturated rings. The first-order valence-electron chi connectivity index (χ1n) is 10.2. The number of fused-ring (bicyclic) bond motifs is 1. The number of rotatable bonds is 4. The zero-order valence-electron chi connectivity index (χ0n) is 18.2. The molecule has 0 atom stereocenters. The fourth-order valence-corrected chi connectivity index (χ4v) is 3.89. The first-order chi connectivity index (χ1) is 14.5. The number of nitrogens with one attached hydrogen (secondary N) is 1. The van der Waals surface area contributed by atoms with Gasteiger partial charge in [0.1, 0.15) is 17.4 Å². The van der Waals surface area contributed by atoms with Gasteiger partial charge >= 0.3 is 6.09 Å². The van der Waals surface area contributed by atoms with Crippen molar-refractivity contribution in [2.24, 2.45) is 11.7 Å². The highest BCUT2D eigenvalue weighted by Crippen LogP contribution is 2.34. The van der Waals surface area contributed by atoms with Gasteiger partial charge in [-0.15, -0.1) is 0 Å². The smallest absolute Gasteiger partial charge is 0.410 e. The highest BCUT2D eigenvalue weighted by atomic mass is 79.9. The molecule has 3 rings (SSSR count). The predicted octanol–water partition coefficient (Wildman–Crippen LogP) is 4.66. The van der Waals surface area contributed by atoms with E-state index in [0.29, 0.717) is 36.7 Å². The maximum absolute atomic E-state index is 12.9. The number of hydrogen-bond acceptors (Lipinski definition) is 5. The average Bonchev–Trinajstić information content (AvgIpc) is 3.05. The highest BCUT2D eigenvalue weighted by molar-refractivity contribution is 9.10. The van der Waals surface area contributed by atoms with E-state index in [1.807, 2.05) is 20.8 Å². The number of primary amides is 1. The number of carbonyl (C=O) groups is 3. The summed E-state index contributed by atoms with van der Waals surface area (Å²) in [5, 5.41) is 3.44. The summed E-state index contributed by atoms with van der Waals surface area (Å²) in [6.07, 6.45) is 1.78. The summed E-state index contributed by atoms with van der Waals surface area (Å²) in [5.74, 6) is -1.29. The number of anilines is 1. The summed E-state index contributed by atoms with van der Waals surface area (Å²) in [4.78, 5) is 38.6. The molecule has 0 unspecified atom stereocenters. The normalized spacial score (nSPS) is 19.1. The summed E-state index contributed by atoms with van der Waals surface area (Å²) >= 11 is 3.39. The van der Waals surface area contributed by atoms with Crippen molar-refractivity contribution in [3.8, 4) is 0 Å². The second-order valence-electron chi connectivity index (χ2n) is 8.89. The summed E-state index contributed by atoms with van der Waals surface area (Å²) in [5.41, 5.74) is 5.87. The molecule has 168 valence electrons. The van der Waals surface area contributed by atoms with E-state index < -0.39 is 5.91 Å². The van der Waals surface area contributed by atoms with Gasteiger partial charge in [-0.05, 0) is 64.7 Å². The Balaban J connectivity index is 1.65. The molecule has 1 saturated carbocycles. The third kappa shape index (κ3) is 5.20. The number of amides is 3. The molecule has 1 aliphatic rings. The molecule has 9 heteroatoms. The molecule has 0 aliphatic heterocycles. The maximum atomic E-state index is 12.9. The van der Waals surface area contributed by atoms with Crippen molar-refractivity contribution in [2.75, 3.05) is 12.4 Å². The topological polar surface area (TPSA) is 115 Å². The lowest BCUT2D eigenvalue weighted by molar-refractivity contribution is -0.121. The zero-order valence-corrected chi connectivity index (χ0v) is 19.7. The van der Waals surface area contributed by atoms with Crippen LogP contribution >= 0.6 is 15.9 Å². The SMILES string of the molecule is CN(C(=O)OC1CCC(C(=O)Nc2c(C(N)=O)oc3ccc(Br)cc23)CC1)C(C)(C)C. The van der Waals surface area contributed by atoms with Crippen LogP contribution in [0.5, 0.6) is 0 Å². The number of benzene rings is 1. The van der Waals surface area contributed by atoms with Crippen molar-refractivity contribution in [2.45, 2.75) is 58.1 Å². The van der Waals surface area contributed by atoms with Crippen LogP contribution in [0, 0.1) is 5.92 Å². The van der Waals surface area contributed by atoms with Gasteiger partial charge in [-0.2, -0.15) is 0 Å². The van der Waals surface area contributed by atoms with Crippen LogP contribution < -0.4 is 11.1 Å². The predicted molar refractivity (Wildman–Crippen MR) is 121 cm³/mol. The number of nitrogens with zero attached hydrogens (tertiary/aromatic N) is 1. The molecule has 0 saturated heterocycles. The van der Waals surface area contributed by atoms with Gasteiger partial charge in [-0.1, -0.05) is 15.9 Å². The lowest BCUT2D eigenvalue weighted by Crippen LogP contribution is -2.44. The van der Waals surface area contributed by atoms with Gasteiger partial charge in [0, 0.05) is 28.4 Å². The van der Waals surface area contributed by atoms with Crippen molar-refractivity contribution < 1.29 is 23.5 Å². The van der Waals surface area contributed by atoms with Crippen LogP contribution in [0.2, 0.25) is 0 Å².